The molecule has 1 aromatic heterocycles. The van der Waals surface area contributed by atoms with E-state index in [1.54, 1.807) is 10.9 Å². The topological polar surface area (TPSA) is 115 Å². The van der Waals surface area contributed by atoms with Gasteiger partial charge in [0.1, 0.15) is 5.15 Å². The van der Waals surface area contributed by atoms with E-state index in [-0.39, 0.29) is 35.8 Å². The second-order valence-corrected chi connectivity index (χ2v) is 12.4. The fraction of sp³-hybridized carbons (Fsp3) is 0.361. The molecule has 1 saturated heterocycles. The van der Waals surface area contributed by atoms with Crippen molar-refractivity contribution in [3.05, 3.63) is 112 Å². The molecule has 3 N–H and O–H groups in total. The van der Waals surface area contributed by atoms with Gasteiger partial charge in [-0.1, -0.05) is 90.3 Å². The van der Waals surface area contributed by atoms with Crippen molar-refractivity contribution in [1.29, 1.82) is 0 Å². The maximum atomic E-state index is 12.4. The van der Waals surface area contributed by atoms with Crippen LogP contribution in [-0.4, -0.2) is 39.1 Å². The van der Waals surface area contributed by atoms with Crippen LogP contribution in [-0.2, 0) is 38.8 Å². The third-order valence-electron chi connectivity index (χ3n) is 8.11. The van der Waals surface area contributed by atoms with E-state index >= 15 is 0 Å². The first-order chi connectivity index (χ1) is 22.8. The molecule has 9 nitrogen and oxygen atoms in total. The summed E-state index contributed by atoms with van der Waals surface area (Å²) in [5.41, 5.74) is 5.71. The van der Waals surface area contributed by atoms with Gasteiger partial charge in [-0.05, 0) is 52.8 Å². The highest BCUT2D eigenvalue weighted by atomic mass is 35.5. The number of carbonyl (C=O) groups excluding carboxylic acids is 2. The van der Waals surface area contributed by atoms with Gasteiger partial charge in [-0.3, -0.25) is 9.59 Å². The van der Waals surface area contributed by atoms with Crippen LogP contribution in [0.3, 0.4) is 0 Å². The standard InChI is InChI=1S/C36H40Cl2N4O5/c1-24(44)39-16-4-2-3-11-33(45)40-20-26-7-5-8-28(17-26)29-9-6-10-30(18-29)36-46-31(21-42-23-41-34(37)35(42)38)19-32(47-36)27-14-12-25(22-43)13-15-27/h5-10,12-15,17-18,23,31-32,36,43H,2-4,11,16,19-22H2,1H3,(H,39,44)(H,40,45). The number of carbonyl (C=O) groups is 2. The number of halogens is 2. The van der Waals surface area contributed by atoms with E-state index in [0.717, 1.165) is 52.6 Å². The molecule has 3 atom stereocenters. The van der Waals surface area contributed by atoms with Gasteiger partial charge in [-0.15, -0.1) is 0 Å². The largest absolute Gasteiger partial charge is 0.392 e. The van der Waals surface area contributed by atoms with E-state index in [9.17, 15) is 14.7 Å². The van der Waals surface area contributed by atoms with Crippen LogP contribution in [0.1, 0.15) is 73.7 Å². The summed E-state index contributed by atoms with van der Waals surface area (Å²) in [7, 11) is 0. The molecular weight excluding hydrogens is 639 g/mol. The molecule has 0 radical (unpaired) electrons. The Morgan fingerprint density at radius 2 is 1.68 bits per heavy atom. The average Bonchev–Trinajstić information content (AvgIpc) is 3.41. The lowest BCUT2D eigenvalue weighted by Gasteiger charge is -2.36. The van der Waals surface area contributed by atoms with Crippen molar-refractivity contribution in [2.75, 3.05) is 6.54 Å². The molecule has 1 aliphatic rings. The Kier molecular flexibility index (Phi) is 12.4. The van der Waals surface area contributed by atoms with Gasteiger partial charge in [-0.2, -0.15) is 0 Å². The number of aromatic nitrogens is 2. The van der Waals surface area contributed by atoms with Gasteiger partial charge in [-0.25, -0.2) is 4.98 Å². The minimum atomic E-state index is -0.644. The lowest BCUT2D eigenvalue weighted by molar-refractivity contribution is -0.252. The highest BCUT2D eigenvalue weighted by Crippen LogP contribution is 2.39. The molecule has 5 rings (SSSR count). The van der Waals surface area contributed by atoms with E-state index in [2.05, 4.69) is 27.8 Å². The molecule has 3 unspecified atom stereocenters. The fourth-order valence-corrected chi connectivity index (χ4v) is 5.90. The monoisotopic (exact) mass is 678 g/mol. The molecule has 0 aliphatic carbocycles. The molecule has 0 saturated carbocycles. The van der Waals surface area contributed by atoms with E-state index in [4.69, 9.17) is 32.7 Å². The normalized spacial score (nSPS) is 17.7. The summed E-state index contributed by atoms with van der Waals surface area (Å²) >= 11 is 12.5. The van der Waals surface area contributed by atoms with E-state index in [0.29, 0.717) is 37.6 Å². The van der Waals surface area contributed by atoms with Crippen LogP contribution in [0.25, 0.3) is 11.1 Å². The molecule has 47 heavy (non-hydrogen) atoms. The predicted molar refractivity (Wildman–Crippen MR) is 182 cm³/mol. The number of benzene rings is 3. The Hall–Kier alpha value is -3.73. The van der Waals surface area contributed by atoms with Crippen LogP contribution in [0.5, 0.6) is 0 Å². The number of rotatable bonds is 14. The highest BCUT2D eigenvalue weighted by molar-refractivity contribution is 6.40. The summed E-state index contributed by atoms with van der Waals surface area (Å²) in [6.07, 6.45) is 4.04. The Labute approximate surface area is 285 Å². The molecule has 0 bridgehead atoms. The maximum absolute atomic E-state index is 12.4. The second kappa shape index (κ2) is 16.9. The van der Waals surface area contributed by atoms with E-state index < -0.39 is 6.29 Å². The molecule has 248 valence electrons. The van der Waals surface area contributed by atoms with Crippen LogP contribution >= 0.6 is 23.2 Å². The van der Waals surface area contributed by atoms with Crippen LogP contribution < -0.4 is 10.6 Å². The average molecular weight is 680 g/mol. The summed E-state index contributed by atoms with van der Waals surface area (Å²) in [6, 6.07) is 23.9. The summed E-state index contributed by atoms with van der Waals surface area (Å²) in [4.78, 5) is 27.5. The SMILES string of the molecule is CC(=O)NCCCCCC(=O)NCc1cccc(-c2cccc(C3OC(Cn4cnc(Cl)c4Cl)CC(c4ccc(CO)cc4)O3)c2)c1. The lowest BCUT2D eigenvalue weighted by Crippen LogP contribution is -2.32. The van der Waals surface area contributed by atoms with Gasteiger partial charge in [0.05, 0.1) is 31.7 Å². The minimum Gasteiger partial charge on any atom is -0.392 e. The number of amides is 2. The molecule has 4 aromatic rings. The van der Waals surface area contributed by atoms with Crippen LogP contribution in [0.2, 0.25) is 10.3 Å². The maximum Gasteiger partial charge on any atom is 0.220 e. The quantitative estimate of drug-likeness (QED) is 0.125. The van der Waals surface area contributed by atoms with Gasteiger partial charge < -0.3 is 29.8 Å². The van der Waals surface area contributed by atoms with Gasteiger partial charge >= 0.3 is 0 Å². The van der Waals surface area contributed by atoms with Crippen LogP contribution in [0, 0.1) is 0 Å². The molecule has 2 heterocycles. The molecule has 11 heteroatoms. The molecular formula is C36H40Cl2N4O5. The van der Waals surface area contributed by atoms with Gasteiger partial charge in [0.15, 0.2) is 11.4 Å². The van der Waals surface area contributed by atoms with Gasteiger partial charge in [0, 0.05) is 38.4 Å². The van der Waals surface area contributed by atoms with Crippen molar-refractivity contribution in [1.82, 2.24) is 20.2 Å². The zero-order chi connectivity index (χ0) is 33.2. The zero-order valence-corrected chi connectivity index (χ0v) is 27.8. The number of aliphatic hydroxyl groups is 1. The number of nitrogens with zero attached hydrogens (tertiary/aromatic N) is 2. The van der Waals surface area contributed by atoms with Crippen LogP contribution in [0.4, 0.5) is 0 Å². The number of ether oxygens (including phenoxy) is 2. The molecule has 1 aliphatic heterocycles. The van der Waals surface area contributed by atoms with Crippen molar-refractivity contribution < 1.29 is 24.2 Å². The van der Waals surface area contributed by atoms with Gasteiger partial charge in [0.25, 0.3) is 0 Å². The Bertz CT molecular complexity index is 1640. The Morgan fingerprint density at radius 1 is 0.915 bits per heavy atom. The number of hydrogen-bond donors (Lipinski definition) is 3. The summed E-state index contributed by atoms with van der Waals surface area (Å²) < 4.78 is 14.8. The van der Waals surface area contributed by atoms with Crippen molar-refractivity contribution in [3.8, 4) is 11.1 Å². The predicted octanol–water partition coefficient (Wildman–Crippen LogP) is 6.91. The number of aliphatic hydroxyl groups excluding tert-OH is 1. The Morgan fingerprint density at radius 3 is 2.40 bits per heavy atom. The fourth-order valence-electron chi connectivity index (χ4n) is 5.59. The lowest BCUT2D eigenvalue weighted by atomic mass is 9.98. The van der Waals surface area contributed by atoms with Crippen molar-refractivity contribution in [2.45, 2.75) is 77.2 Å². The second-order valence-electron chi connectivity index (χ2n) is 11.7. The minimum absolute atomic E-state index is 0.0119. The third-order valence-corrected chi connectivity index (χ3v) is 8.88. The first kappa shape index (κ1) is 34.6. The Balaban J connectivity index is 1.26. The highest BCUT2D eigenvalue weighted by Gasteiger charge is 2.33. The molecule has 3 aromatic carbocycles. The third kappa shape index (κ3) is 9.89. The first-order valence-electron chi connectivity index (χ1n) is 15.9. The van der Waals surface area contributed by atoms with Gasteiger partial charge in [0.2, 0.25) is 11.8 Å². The van der Waals surface area contributed by atoms with E-state index in [1.165, 1.54) is 6.92 Å². The summed E-state index contributed by atoms with van der Waals surface area (Å²) in [6.45, 7) is 3.01. The zero-order valence-electron chi connectivity index (χ0n) is 26.3. The number of unbranched alkanes of at least 4 members (excludes halogenated alkanes) is 2. The summed E-state index contributed by atoms with van der Waals surface area (Å²) in [5.74, 6) is -0.0208. The van der Waals surface area contributed by atoms with Crippen molar-refractivity contribution in [2.24, 2.45) is 0 Å². The van der Waals surface area contributed by atoms with Crippen molar-refractivity contribution >= 4 is 35.0 Å². The smallest absolute Gasteiger partial charge is 0.220 e. The molecule has 0 spiro atoms. The van der Waals surface area contributed by atoms with E-state index in [1.807, 2.05) is 60.7 Å². The summed E-state index contributed by atoms with van der Waals surface area (Å²) in [5, 5.41) is 15.9. The molecule has 1 fully saturated rings. The van der Waals surface area contributed by atoms with Crippen LogP contribution in [0.15, 0.2) is 79.1 Å². The number of hydrogen-bond acceptors (Lipinski definition) is 6. The first-order valence-corrected chi connectivity index (χ1v) is 16.6. The number of imidazole rings is 1. The molecule has 2 amide bonds. The number of nitrogens with one attached hydrogen (secondary N) is 2. The van der Waals surface area contributed by atoms with Crippen molar-refractivity contribution in [3.63, 3.8) is 0 Å².